The van der Waals surface area contributed by atoms with Crippen molar-refractivity contribution in [3.63, 3.8) is 0 Å². The van der Waals surface area contributed by atoms with E-state index < -0.39 is 0 Å². The second kappa shape index (κ2) is 6.32. The zero-order chi connectivity index (χ0) is 14.8. The van der Waals surface area contributed by atoms with Gasteiger partial charge in [-0.15, -0.1) is 0 Å². The van der Waals surface area contributed by atoms with E-state index in [-0.39, 0.29) is 30.4 Å². The zero-order valence-corrected chi connectivity index (χ0v) is 12.7. The maximum atomic E-state index is 14.0. The molecule has 5 heteroatoms. The monoisotopic (exact) mass is 310 g/mol. The molecule has 0 radical (unpaired) electrons. The molecule has 0 aromatic heterocycles. The van der Waals surface area contributed by atoms with Crippen LogP contribution in [0.15, 0.2) is 18.2 Å². The van der Waals surface area contributed by atoms with Crippen LogP contribution in [0, 0.1) is 5.82 Å². The van der Waals surface area contributed by atoms with Crippen LogP contribution >= 0.6 is 11.6 Å². The lowest BCUT2D eigenvalue weighted by Crippen LogP contribution is -2.49. The van der Waals surface area contributed by atoms with Gasteiger partial charge in [0.05, 0.1) is 12.6 Å². The Bertz CT molecular complexity index is 507. The summed E-state index contributed by atoms with van der Waals surface area (Å²) in [5.41, 5.74) is 0.426. The molecule has 1 aliphatic carbocycles. The van der Waals surface area contributed by atoms with Gasteiger partial charge in [-0.05, 0) is 44.4 Å². The lowest BCUT2D eigenvalue weighted by molar-refractivity contribution is -0.135. The number of hydrogen-bond donors (Lipinski definition) is 1. The van der Waals surface area contributed by atoms with Crippen LogP contribution in [0.4, 0.5) is 4.39 Å². The third-order valence-corrected chi connectivity index (χ3v) is 4.62. The molecule has 1 amide bonds. The lowest BCUT2D eigenvalue weighted by Gasteiger charge is -2.30. The first kappa shape index (κ1) is 14.8. The average Bonchev–Trinajstić information content (AvgIpc) is 3.32. The smallest absolute Gasteiger partial charge is 0.240 e. The summed E-state index contributed by atoms with van der Waals surface area (Å²) in [7, 11) is 0. The predicted octanol–water partition coefficient (Wildman–Crippen LogP) is 3.11. The molecule has 1 saturated heterocycles. The number of rotatable bonds is 4. The van der Waals surface area contributed by atoms with Gasteiger partial charge in [-0.3, -0.25) is 4.79 Å². The van der Waals surface area contributed by atoms with Gasteiger partial charge in [0.1, 0.15) is 5.82 Å². The van der Waals surface area contributed by atoms with Gasteiger partial charge >= 0.3 is 0 Å². The molecule has 1 heterocycles. The van der Waals surface area contributed by atoms with Crippen molar-refractivity contribution in [2.24, 2.45) is 0 Å². The summed E-state index contributed by atoms with van der Waals surface area (Å²) in [6.45, 7) is 1.16. The molecular formula is C16H20ClFN2O. The summed E-state index contributed by atoms with van der Waals surface area (Å²) in [5, 5.41) is 3.67. The maximum absolute atomic E-state index is 14.0. The van der Waals surface area contributed by atoms with Gasteiger partial charge in [0.25, 0.3) is 0 Å². The topological polar surface area (TPSA) is 32.3 Å². The third-order valence-electron chi connectivity index (χ3n) is 4.27. The van der Waals surface area contributed by atoms with E-state index in [9.17, 15) is 9.18 Å². The van der Waals surface area contributed by atoms with E-state index in [4.69, 9.17) is 11.6 Å². The summed E-state index contributed by atoms with van der Waals surface area (Å²) < 4.78 is 14.0. The van der Waals surface area contributed by atoms with E-state index in [0.717, 1.165) is 38.6 Å². The van der Waals surface area contributed by atoms with Gasteiger partial charge in [-0.2, -0.15) is 0 Å². The Morgan fingerprint density at radius 2 is 2.14 bits per heavy atom. The highest BCUT2D eigenvalue weighted by molar-refractivity contribution is 6.31. The number of carbonyl (C=O) groups is 1. The molecule has 2 fully saturated rings. The molecular weight excluding hydrogens is 291 g/mol. The minimum absolute atomic E-state index is 0.0940. The fourth-order valence-corrected chi connectivity index (χ4v) is 3.11. The van der Waals surface area contributed by atoms with Crippen molar-refractivity contribution in [2.75, 3.05) is 6.54 Å². The number of nitrogens with one attached hydrogen (secondary N) is 1. The van der Waals surface area contributed by atoms with Crippen molar-refractivity contribution in [2.45, 2.75) is 50.7 Å². The average molecular weight is 311 g/mol. The number of halogens is 2. The van der Waals surface area contributed by atoms with Crippen molar-refractivity contribution in [3.05, 3.63) is 34.6 Å². The molecule has 114 valence electrons. The van der Waals surface area contributed by atoms with Crippen LogP contribution in [-0.2, 0) is 11.3 Å². The largest absolute Gasteiger partial charge is 0.334 e. The number of benzene rings is 1. The Hall–Kier alpha value is -1.13. The molecule has 1 aliphatic heterocycles. The summed E-state index contributed by atoms with van der Waals surface area (Å²) in [4.78, 5) is 14.5. The minimum Gasteiger partial charge on any atom is -0.334 e. The van der Waals surface area contributed by atoms with Gasteiger partial charge in [0.2, 0.25) is 5.91 Å². The van der Waals surface area contributed by atoms with Gasteiger partial charge in [0, 0.05) is 16.6 Å². The van der Waals surface area contributed by atoms with Gasteiger partial charge in [-0.1, -0.05) is 24.1 Å². The minimum atomic E-state index is -0.336. The van der Waals surface area contributed by atoms with Crippen LogP contribution in [0.1, 0.15) is 37.7 Å². The highest BCUT2D eigenvalue weighted by Crippen LogP contribution is 2.31. The molecule has 3 nitrogen and oxygen atoms in total. The molecule has 0 spiro atoms. The summed E-state index contributed by atoms with van der Waals surface area (Å²) in [6, 6.07) is 4.79. The van der Waals surface area contributed by atoms with Crippen LogP contribution in [0.5, 0.6) is 0 Å². The summed E-state index contributed by atoms with van der Waals surface area (Å²) >= 11 is 6.10. The van der Waals surface area contributed by atoms with Crippen molar-refractivity contribution in [1.82, 2.24) is 10.2 Å². The van der Waals surface area contributed by atoms with Crippen LogP contribution < -0.4 is 5.32 Å². The van der Waals surface area contributed by atoms with Crippen molar-refractivity contribution in [3.8, 4) is 0 Å². The number of piperidine rings is 1. The van der Waals surface area contributed by atoms with Crippen molar-refractivity contribution >= 4 is 17.5 Å². The molecule has 2 aliphatic rings. The fraction of sp³-hybridized carbons (Fsp3) is 0.562. The molecule has 0 unspecified atom stereocenters. The Kier molecular flexibility index (Phi) is 4.45. The summed E-state index contributed by atoms with van der Waals surface area (Å²) in [6.07, 6.45) is 5.07. The van der Waals surface area contributed by atoms with Crippen LogP contribution in [0.25, 0.3) is 0 Å². The first-order valence-electron chi connectivity index (χ1n) is 7.63. The quantitative estimate of drug-likeness (QED) is 0.927. The fourth-order valence-electron chi connectivity index (χ4n) is 2.89. The molecule has 1 aromatic carbocycles. The Balaban J connectivity index is 1.77. The van der Waals surface area contributed by atoms with E-state index in [1.54, 1.807) is 12.1 Å². The first-order chi connectivity index (χ1) is 10.2. The number of amides is 1. The van der Waals surface area contributed by atoms with Crippen molar-refractivity contribution < 1.29 is 9.18 Å². The molecule has 1 aromatic rings. The first-order valence-corrected chi connectivity index (χ1v) is 8.01. The van der Waals surface area contributed by atoms with E-state index >= 15 is 0 Å². The van der Waals surface area contributed by atoms with Crippen molar-refractivity contribution in [1.29, 1.82) is 0 Å². The molecule has 1 atom stereocenters. The van der Waals surface area contributed by atoms with Crippen LogP contribution in [-0.4, -0.2) is 29.4 Å². The van der Waals surface area contributed by atoms with E-state index in [1.807, 2.05) is 4.90 Å². The maximum Gasteiger partial charge on any atom is 0.240 e. The second-order valence-corrected chi connectivity index (χ2v) is 6.31. The molecule has 21 heavy (non-hydrogen) atoms. The van der Waals surface area contributed by atoms with E-state index in [1.165, 1.54) is 6.07 Å². The van der Waals surface area contributed by atoms with Gasteiger partial charge in [-0.25, -0.2) is 4.39 Å². The number of hydrogen-bond acceptors (Lipinski definition) is 2. The normalized spacial score (nSPS) is 22.1. The lowest BCUT2D eigenvalue weighted by atomic mass is 10.0. The second-order valence-electron chi connectivity index (χ2n) is 5.90. The third kappa shape index (κ3) is 3.38. The predicted molar refractivity (Wildman–Crippen MR) is 80.6 cm³/mol. The zero-order valence-electron chi connectivity index (χ0n) is 11.9. The van der Waals surface area contributed by atoms with Crippen LogP contribution in [0.2, 0.25) is 5.02 Å². The summed E-state index contributed by atoms with van der Waals surface area (Å²) in [5.74, 6) is -0.242. The molecule has 1 saturated carbocycles. The highest BCUT2D eigenvalue weighted by atomic mass is 35.5. The Labute approximate surface area is 129 Å². The highest BCUT2D eigenvalue weighted by Gasteiger charge is 2.36. The number of carbonyl (C=O) groups excluding carboxylic acids is 1. The van der Waals surface area contributed by atoms with E-state index in [0.29, 0.717) is 10.6 Å². The molecule has 1 N–H and O–H groups in total. The Morgan fingerprint density at radius 1 is 1.33 bits per heavy atom. The van der Waals surface area contributed by atoms with Gasteiger partial charge in [0.15, 0.2) is 0 Å². The Morgan fingerprint density at radius 3 is 2.76 bits per heavy atom. The molecule has 3 rings (SSSR count). The molecule has 0 bridgehead atoms. The van der Waals surface area contributed by atoms with Gasteiger partial charge < -0.3 is 10.2 Å². The van der Waals surface area contributed by atoms with E-state index in [2.05, 4.69) is 5.32 Å². The standard InChI is InChI=1S/C16H20ClFN2O/c17-13-4-3-5-14(18)12(13)10-20(11-7-8-11)16(21)15-6-1-2-9-19-15/h3-5,11,15,19H,1-2,6-10H2/t15-/m1/s1. The number of nitrogens with zero attached hydrogens (tertiary/aromatic N) is 1. The SMILES string of the molecule is O=C([C@H]1CCCCN1)N(Cc1c(F)cccc1Cl)C1CC1. The van der Waals surface area contributed by atoms with Crippen LogP contribution in [0.3, 0.4) is 0 Å².